The van der Waals surface area contributed by atoms with Gasteiger partial charge in [-0.15, -0.1) is 0 Å². The lowest BCUT2D eigenvalue weighted by Gasteiger charge is -2.29. The summed E-state index contributed by atoms with van der Waals surface area (Å²) < 4.78 is 16.1. The Hall–Kier alpha value is -2.43. The van der Waals surface area contributed by atoms with Crippen molar-refractivity contribution in [3.8, 4) is 11.5 Å². The number of rotatable bonds is 4. The van der Waals surface area contributed by atoms with Gasteiger partial charge in [0.15, 0.2) is 11.5 Å². The molecule has 1 fully saturated rings. The van der Waals surface area contributed by atoms with Crippen LogP contribution in [0.3, 0.4) is 0 Å². The minimum Gasteiger partial charge on any atom is -0.469 e. The summed E-state index contributed by atoms with van der Waals surface area (Å²) >= 11 is 0. The fraction of sp³-hybridized carbons (Fsp3) is 0.421. The molecule has 1 aromatic heterocycles. The lowest BCUT2D eigenvalue weighted by molar-refractivity contribution is 0.0662. The molecule has 24 heavy (non-hydrogen) atoms. The van der Waals surface area contributed by atoms with Gasteiger partial charge in [0, 0.05) is 12.6 Å². The number of ether oxygens (including phenoxy) is 2. The highest BCUT2D eigenvalue weighted by molar-refractivity contribution is 5.95. The van der Waals surface area contributed by atoms with Crippen molar-refractivity contribution >= 4 is 5.91 Å². The minimum atomic E-state index is 0.0471. The molecule has 5 heteroatoms. The number of furan rings is 1. The molecule has 0 saturated heterocycles. The molecule has 1 aliphatic carbocycles. The first-order valence-corrected chi connectivity index (χ1v) is 8.46. The molecular weight excluding hydrogens is 306 g/mol. The molecule has 2 heterocycles. The van der Waals surface area contributed by atoms with Crippen LogP contribution in [0.5, 0.6) is 11.5 Å². The Kier molecular flexibility index (Phi) is 3.92. The lowest BCUT2D eigenvalue weighted by Crippen LogP contribution is -2.38. The first-order valence-electron chi connectivity index (χ1n) is 8.46. The number of amides is 1. The van der Waals surface area contributed by atoms with E-state index in [4.69, 9.17) is 13.9 Å². The van der Waals surface area contributed by atoms with Crippen LogP contribution in [0.4, 0.5) is 0 Å². The van der Waals surface area contributed by atoms with Gasteiger partial charge in [-0.2, -0.15) is 0 Å². The van der Waals surface area contributed by atoms with Crippen molar-refractivity contribution in [1.29, 1.82) is 0 Å². The maximum Gasteiger partial charge on any atom is 0.257 e. The molecule has 0 radical (unpaired) electrons. The van der Waals surface area contributed by atoms with Crippen molar-refractivity contribution in [3.63, 3.8) is 0 Å². The Labute approximate surface area is 141 Å². The van der Waals surface area contributed by atoms with Crippen LogP contribution in [0.25, 0.3) is 0 Å². The number of nitrogens with zero attached hydrogens (tertiary/aromatic N) is 1. The van der Waals surface area contributed by atoms with Crippen molar-refractivity contribution in [2.75, 3.05) is 6.79 Å². The average molecular weight is 327 g/mol. The lowest BCUT2D eigenvalue weighted by atomic mass is 10.1. The molecule has 4 rings (SSSR count). The van der Waals surface area contributed by atoms with E-state index in [1.807, 2.05) is 30.0 Å². The zero-order chi connectivity index (χ0) is 16.5. The summed E-state index contributed by atoms with van der Waals surface area (Å²) in [5.41, 5.74) is 1.71. The van der Waals surface area contributed by atoms with Gasteiger partial charge >= 0.3 is 0 Å². The highest BCUT2D eigenvalue weighted by Gasteiger charge is 2.29. The van der Waals surface area contributed by atoms with E-state index in [0.717, 1.165) is 29.9 Å². The molecule has 0 atom stereocenters. The third kappa shape index (κ3) is 2.75. The summed E-state index contributed by atoms with van der Waals surface area (Å²) in [6, 6.07) is 7.94. The largest absolute Gasteiger partial charge is 0.469 e. The van der Waals surface area contributed by atoms with Crippen LogP contribution in [0.2, 0.25) is 0 Å². The normalized spacial score (nSPS) is 16.5. The second kappa shape index (κ2) is 6.23. The smallest absolute Gasteiger partial charge is 0.257 e. The van der Waals surface area contributed by atoms with Crippen LogP contribution in [-0.2, 0) is 6.54 Å². The third-order valence-electron chi connectivity index (χ3n) is 4.91. The second-order valence-electron chi connectivity index (χ2n) is 6.45. The number of hydrogen-bond acceptors (Lipinski definition) is 4. The summed E-state index contributed by atoms with van der Waals surface area (Å²) in [6.45, 7) is 2.67. The summed E-state index contributed by atoms with van der Waals surface area (Å²) in [7, 11) is 0. The molecule has 0 N–H and O–H groups in total. The zero-order valence-electron chi connectivity index (χ0n) is 13.8. The van der Waals surface area contributed by atoms with Crippen LogP contribution in [0, 0.1) is 6.92 Å². The Morgan fingerprint density at radius 1 is 1.17 bits per heavy atom. The minimum absolute atomic E-state index is 0.0471. The molecule has 5 nitrogen and oxygen atoms in total. The van der Waals surface area contributed by atoms with Crippen LogP contribution in [0.1, 0.15) is 47.4 Å². The van der Waals surface area contributed by atoms with Gasteiger partial charge in [-0.05, 0) is 43.5 Å². The molecule has 0 bridgehead atoms. The van der Waals surface area contributed by atoms with Crippen molar-refractivity contribution in [3.05, 3.63) is 47.4 Å². The van der Waals surface area contributed by atoms with E-state index >= 15 is 0 Å². The van der Waals surface area contributed by atoms with E-state index in [2.05, 4.69) is 0 Å². The van der Waals surface area contributed by atoms with E-state index in [1.54, 1.807) is 12.3 Å². The van der Waals surface area contributed by atoms with Gasteiger partial charge in [0.05, 0.1) is 11.8 Å². The Morgan fingerprint density at radius 2 is 1.96 bits per heavy atom. The standard InChI is InChI=1S/C19H21NO4/c1-13-16(8-9-22-13)19(21)20(15-4-2-3-5-15)11-14-6-7-17-18(10-14)24-12-23-17/h6-10,15H,2-5,11-12H2,1H3. The highest BCUT2D eigenvalue weighted by atomic mass is 16.7. The Morgan fingerprint density at radius 3 is 2.71 bits per heavy atom. The number of carbonyl (C=O) groups excluding carboxylic acids is 1. The van der Waals surface area contributed by atoms with Crippen LogP contribution < -0.4 is 9.47 Å². The summed E-state index contributed by atoms with van der Waals surface area (Å²) in [5.74, 6) is 2.24. The quantitative estimate of drug-likeness (QED) is 0.854. The van der Waals surface area contributed by atoms with Gasteiger partial charge in [-0.25, -0.2) is 0 Å². The fourth-order valence-corrected chi connectivity index (χ4v) is 3.58. The summed E-state index contributed by atoms with van der Waals surface area (Å²) in [4.78, 5) is 15.1. The predicted molar refractivity (Wildman–Crippen MR) is 88.1 cm³/mol. The number of carbonyl (C=O) groups is 1. The van der Waals surface area contributed by atoms with Crippen molar-refractivity contribution < 1.29 is 18.7 Å². The molecule has 2 aromatic rings. The number of fused-ring (bicyclic) bond motifs is 1. The molecular formula is C19H21NO4. The highest BCUT2D eigenvalue weighted by Crippen LogP contribution is 2.34. The SMILES string of the molecule is Cc1occc1C(=O)N(Cc1ccc2c(c1)OCO2)C1CCCC1. The predicted octanol–water partition coefficient (Wildman–Crippen LogP) is 3.90. The number of aryl methyl sites for hydroxylation is 1. The number of hydrogen-bond donors (Lipinski definition) is 0. The molecule has 1 amide bonds. The molecule has 2 aliphatic rings. The van der Waals surface area contributed by atoms with Gasteiger partial charge in [0.25, 0.3) is 5.91 Å². The van der Waals surface area contributed by atoms with Crippen LogP contribution in [0.15, 0.2) is 34.9 Å². The third-order valence-corrected chi connectivity index (χ3v) is 4.91. The van der Waals surface area contributed by atoms with E-state index in [1.165, 1.54) is 12.8 Å². The zero-order valence-corrected chi connectivity index (χ0v) is 13.8. The molecule has 0 spiro atoms. The van der Waals surface area contributed by atoms with Crippen molar-refractivity contribution in [2.24, 2.45) is 0 Å². The van der Waals surface area contributed by atoms with E-state index in [0.29, 0.717) is 17.9 Å². The first-order chi connectivity index (χ1) is 11.7. The van der Waals surface area contributed by atoms with Gasteiger partial charge in [-0.1, -0.05) is 18.9 Å². The Bertz CT molecular complexity index is 746. The summed E-state index contributed by atoms with van der Waals surface area (Å²) in [5, 5.41) is 0. The molecule has 1 aromatic carbocycles. The fourth-order valence-electron chi connectivity index (χ4n) is 3.58. The average Bonchev–Trinajstić information content (AvgIpc) is 3.32. The van der Waals surface area contributed by atoms with Gasteiger partial charge < -0.3 is 18.8 Å². The van der Waals surface area contributed by atoms with E-state index < -0.39 is 0 Å². The molecule has 0 unspecified atom stereocenters. The van der Waals surface area contributed by atoms with Gasteiger partial charge in [0.1, 0.15) is 5.76 Å². The monoisotopic (exact) mass is 327 g/mol. The Balaban J connectivity index is 1.61. The molecule has 126 valence electrons. The maximum atomic E-state index is 13.1. The van der Waals surface area contributed by atoms with Crippen LogP contribution >= 0.6 is 0 Å². The topological polar surface area (TPSA) is 51.9 Å². The van der Waals surface area contributed by atoms with E-state index in [-0.39, 0.29) is 18.7 Å². The second-order valence-corrected chi connectivity index (χ2v) is 6.45. The van der Waals surface area contributed by atoms with Gasteiger partial charge in [-0.3, -0.25) is 4.79 Å². The molecule has 1 aliphatic heterocycles. The van der Waals surface area contributed by atoms with Crippen molar-refractivity contribution in [2.45, 2.75) is 45.2 Å². The number of benzene rings is 1. The van der Waals surface area contributed by atoms with Gasteiger partial charge in [0.2, 0.25) is 6.79 Å². The first kappa shape index (κ1) is 15.1. The molecule has 1 saturated carbocycles. The van der Waals surface area contributed by atoms with E-state index in [9.17, 15) is 4.79 Å². The summed E-state index contributed by atoms with van der Waals surface area (Å²) in [6.07, 6.45) is 6.07. The van der Waals surface area contributed by atoms with Crippen molar-refractivity contribution in [1.82, 2.24) is 4.90 Å². The van der Waals surface area contributed by atoms with Crippen LogP contribution in [-0.4, -0.2) is 23.6 Å². The maximum absolute atomic E-state index is 13.1.